The summed E-state index contributed by atoms with van der Waals surface area (Å²) >= 11 is 8.35. The first-order valence-corrected chi connectivity index (χ1v) is 12.9. The highest BCUT2D eigenvalue weighted by Gasteiger charge is 2.55. The van der Waals surface area contributed by atoms with E-state index in [2.05, 4.69) is 29.2 Å². The molecule has 1 fully saturated rings. The highest BCUT2D eigenvalue weighted by Crippen LogP contribution is 2.65. The maximum Gasteiger partial charge on any atom is 0.289 e. The molecule has 2 bridgehead atoms. The molecule has 0 amide bonds. The zero-order valence-corrected chi connectivity index (χ0v) is 20.4. The van der Waals surface area contributed by atoms with E-state index in [1.165, 1.54) is 35.0 Å². The molecule has 0 radical (unpaired) electrons. The Morgan fingerprint density at radius 1 is 0.833 bits per heavy atom. The van der Waals surface area contributed by atoms with Gasteiger partial charge in [-0.3, -0.25) is 20.2 Å². The monoisotopic (exact) mass is 517 g/mol. The van der Waals surface area contributed by atoms with Gasteiger partial charge in [-0.1, -0.05) is 60.7 Å². The molecule has 0 aliphatic heterocycles. The third-order valence-corrected chi connectivity index (χ3v) is 9.08. The number of aromatic nitrogens is 1. The number of nitro groups is 2. The van der Waals surface area contributed by atoms with Crippen LogP contribution >= 0.6 is 23.4 Å². The lowest BCUT2D eigenvalue weighted by atomic mass is 9.89. The van der Waals surface area contributed by atoms with Crippen molar-refractivity contribution in [1.82, 2.24) is 4.98 Å². The lowest BCUT2D eigenvalue weighted by molar-refractivity contribution is -0.396. The number of hydrogen-bond acceptors (Lipinski definition) is 5. The van der Waals surface area contributed by atoms with Crippen LogP contribution in [0.5, 0.6) is 0 Å². The standard InChI is InChI=1S/C27H20ClN3O4S/c28-19-14-18-22-24(23(19)27(18)36-21-12-11-17(30(32)33)13-20(21)31(34)35)26(16-9-5-2-6-10-16)29-25(22)15-7-3-1-4-8-15/h1-13,18-19,23,27,29H,14H2/t18-,19+,23+,27-/m0/s1. The summed E-state index contributed by atoms with van der Waals surface area (Å²) in [6.07, 6.45) is 0.767. The van der Waals surface area contributed by atoms with Crippen LogP contribution in [0.2, 0.25) is 0 Å². The number of H-pyrrole nitrogens is 1. The van der Waals surface area contributed by atoms with Crippen LogP contribution in [0.15, 0.2) is 83.8 Å². The van der Waals surface area contributed by atoms with Crippen LogP contribution in [0.3, 0.4) is 0 Å². The summed E-state index contributed by atoms with van der Waals surface area (Å²) in [6, 6.07) is 24.1. The van der Waals surface area contributed by atoms with Crippen molar-refractivity contribution >= 4 is 34.7 Å². The molecule has 4 aromatic rings. The summed E-state index contributed by atoms with van der Waals surface area (Å²) in [7, 11) is 0. The van der Waals surface area contributed by atoms with Gasteiger partial charge in [-0.2, -0.15) is 0 Å². The van der Waals surface area contributed by atoms with E-state index in [0.29, 0.717) is 4.90 Å². The van der Waals surface area contributed by atoms with Crippen LogP contribution in [-0.4, -0.2) is 25.5 Å². The van der Waals surface area contributed by atoms with E-state index >= 15 is 0 Å². The summed E-state index contributed by atoms with van der Waals surface area (Å²) < 4.78 is 0. The molecule has 3 aromatic carbocycles. The fourth-order valence-corrected chi connectivity index (χ4v) is 7.83. The van der Waals surface area contributed by atoms with Gasteiger partial charge in [0.05, 0.1) is 20.8 Å². The largest absolute Gasteiger partial charge is 0.354 e. The quantitative estimate of drug-likeness (QED) is 0.162. The van der Waals surface area contributed by atoms with E-state index in [-0.39, 0.29) is 33.8 Å². The highest BCUT2D eigenvalue weighted by molar-refractivity contribution is 8.00. The Balaban J connectivity index is 1.48. The number of aromatic amines is 1. The third kappa shape index (κ3) is 3.60. The normalized spacial score (nSPS) is 21.9. The molecule has 0 spiro atoms. The van der Waals surface area contributed by atoms with Crippen LogP contribution in [0.25, 0.3) is 22.5 Å². The van der Waals surface area contributed by atoms with Gasteiger partial charge in [0.25, 0.3) is 11.4 Å². The van der Waals surface area contributed by atoms with E-state index in [0.717, 1.165) is 35.0 Å². The molecule has 9 heteroatoms. The van der Waals surface area contributed by atoms with Crippen LogP contribution in [0.4, 0.5) is 11.4 Å². The van der Waals surface area contributed by atoms with Crippen molar-refractivity contribution in [3.63, 3.8) is 0 Å². The number of non-ortho nitro benzene ring substituents is 1. The molecule has 1 N–H and O–H groups in total. The predicted molar refractivity (Wildman–Crippen MR) is 141 cm³/mol. The van der Waals surface area contributed by atoms with Crippen LogP contribution < -0.4 is 0 Å². The fourth-order valence-electron chi connectivity index (χ4n) is 5.70. The molecule has 7 nitrogen and oxygen atoms in total. The Morgan fingerprint density at radius 2 is 1.44 bits per heavy atom. The van der Waals surface area contributed by atoms with Gasteiger partial charge in [0.15, 0.2) is 0 Å². The van der Waals surface area contributed by atoms with E-state index in [9.17, 15) is 20.2 Å². The van der Waals surface area contributed by atoms with Crippen molar-refractivity contribution in [2.75, 3.05) is 0 Å². The number of nitrogens with one attached hydrogen (secondary N) is 1. The molecule has 1 heterocycles. The van der Waals surface area contributed by atoms with Gasteiger partial charge in [-0.05, 0) is 34.7 Å². The minimum absolute atomic E-state index is 0.0165. The van der Waals surface area contributed by atoms with Gasteiger partial charge in [-0.25, -0.2) is 0 Å². The van der Waals surface area contributed by atoms with Crippen molar-refractivity contribution in [1.29, 1.82) is 0 Å². The molecule has 0 saturated heterocycles. The fraction of sp³-hybridized carbons (Fsp3) is 0.185. The maximum absolute atomic E-state index is 11.8. The molecule has 4 atom stereocenters. The second-order valence-electron chi connectivity index (χ2n) is 9.07. The second kappa shape index (κ2) is 8.80. The minimum Gasteiger partial charge on any atom is -0.354 e. The average molecular weight is 518 g/mol. The van der Waals surface area contributed by atoms with Gasteiger partial charge >= 0.3 is 0 Å². The van der Waals surface area contributed by atoms with Crippen molar-refractivity contribution in [2.24, 2.45) is 0 Å². The summed E-state index contributed by atoms with van der Waals surface area (Å²) in [4.78, 5) is 26.0. The number of thioether (sulfide) groups is 1. The lowest BCUT2D eigenvalue weighted by Gasteiger charge is -2.19. The molecule has 2 aliphatic carbocycles. The number of hydrogen-bond donors (Lipinski definition) is 1. The summed E-state index contributed by atoms with van der Waals surface area (Å²) in [6.45, 7) is 0. The number of benzene rings is 3. The molecule has 6 rings (SSSR count). The number of nitrogens with zero attached hydrogens (tertiary/aromatic N) is 2. The Morgan fingerprint density at radius 3 is 2.03 bits per heavy atom. The summed E-state index contributed by atoms with van der Waals surface area (Å²) in [5.41, 5.74) is 6.11. The number of fused-ring (bicyclic) bond motifs is 5. The van der Waals surface area contributed by atoms with Gasteiger partial charge in [0, 0.05) is 39.9 Å². The molecule has 2 aliphatic rings. The summed E-state index contributed by atoms with van der Waals surface area (Å²) in [5, 5.41) is 22.9. The van der Waals surface area contributed by atoms with Gasteiger partial charge in [-0.15, -0.1) is 23.4 Å². The summed E-state index contributed by atoms with van der Waals surface area (Å²) in [5.74, 6) is 0.0756. The Labute approximate surface area is 215 Å². The minimum atomic E-state index is -0.612. The van der Waals surface area contributed by atoms with E-state index in [1.54, 1.807) is 0 Å². The topological polar surface area (TPSA) is 102 Å². The number of rotatable bonds is 6. The van der Waals surface area contributed by atoms with E-state index in [1.807, 2.05) is 36.4 Å². The second-order valence-corrected chi connectivity index (χ2v) is 10.8. The number of alkyl halides is 1. The lowest BCUT2D eigenvalue weighted by Crippen LogP contribution is -2.13. The third-order valence-electron chi connectivity index (χ3n) is 7.14. The number of nitro benzene ring substituents is 2. The van der Waals surface area contributed by atoms with Crippen molar-refractivity contribution in [2.45, 2.75) is 33.8 Å². The average Bonchev–Trinajstić information content (AvgIpc) is 3.52. The first kappa shape index (κ1) is 22.8. The first-order valence-electron chi connectivity index (χ1n) is 11.5. The molecule has 180 valence electrons. The van der Waals surface area contributed by atoms with Crippen molar-refractivity contribution in [3.8, 4) is 22.5 Å². The van der Waals surface area contributed by atoms with Crippen LogP contribution in [0.1, 0.15) is 29.4 Å². The van der Waals surface area contributed by atoms with Crippen LogP contribution in [-0.2, 0) is 0 Å². The highest BCUT2D eigenvalue weighted by atomic mass is 35.5. The molecular formula is C27H20ClN3O4S. The zero-order chi connectivity index (χ0) is 25.0. The van der Waals surface area contributed by atoms with Crippen molar-refractivity contribution in [3.05, 3.63) is 110 Å². The molecular weight excluding hydrogens is 498 g/mol. The Hall–Kier alpha value is -3.62. The first-order chi connectivity index (χ1) is 17.4. The van der Waals surface area contributed by atoms with Crippen molar-refractivity contribution < 1.29 is 9.85 Å². The van der Waals surface area contributed by atoms with Gasteiger partial charge in [0.1, 0.15) is 0 Å². The molecule has 36 heavy (non-hydrogen) atoms. The smallest absolute Gasteiger partial charge is 0.289 e. The molecule has 1 aromatic heterocycles. The SMILES string of the molecule is O=[N+]([O-])c1ccc(S[C@@H]2[C@H]3c4c(-c5ccccc5)[nH]c(-c5ccccc5)c4[C@@H]2C[C@H]3Cl)c([N+](=O)[O-])c1. The van der Waals surface area contributed by atoms with Gasteiger partial charge in [0.2, 0.25) is 0 Å². The molecule has 1 saturated carbocycles. The predicted octanol–water partition coefficient (Wildman–Crippen LogP) is 7.52. The Bertz CT molecular complexity index is 1490. The van der Waals surface area contributed by atoms with Gasteiger partial charge < -0.3 is 4.98 Å². The van der Waals surface area contributed by atoms with Crippen LogP contribution in [0, 0.1) is 20.2 Å². The van der Waals surface area contributed by atoms with E-state index < -0.39 is 9.85 Å². The Kier molecular flexibility index (Phi) is 5.58. The number of halogens is 1. The zero-order valence-electron chi connectivity index (χ0n) is 18.8. The maximum atomic E-state index is 11.8. The molecule has 0 unspecified atom stereocenters. The van der Waals surface area contributed by atoms with E-state index in [4.69, 9.17) is 11.6 Å².